The summed E-state index contributed by atoms with van der Waals surface area (Å²) in [5, 5.41) is 13.6. The van der Waals surface area contributed by atoms with Crippen molar-refractivity contribution >= 4 is 0 Å². The maximum Gasteiger partial charge on any atom is 0.123 e. The zero-order valence-corrected chi connectivity index (χ0v) is 17.3. The van der Waals surface area contributed by atoms with Crippen molar-refractivity contribution in [2.45, 2.75) is 25.7 Å². The average Bonchev–Trinajstić information content (AvgIpc) is 2.75. The van der Waals surface area contributed by atoms with Crippen LogP contribution in [0.15, 0.2) is 78.9 Å². The molecule has 30 heavy (non-hydrogen) atoms. The summed E-state index contributed by atoms with van der Waals surface area (Å²) >= 11 is 0. The lowest BCUT2D eigenvalue weighted by Gasteiger charge is -2.21. The fourth-order valence-electron chi connectivity index (χ4n) is 3.22. The third-order valence-electron chi connectivity index (χ3n) is 4.75. The minimum absolute atomic E-state index is 0.220. The number of aliphatic hydroxyl groups is 1. The third kappa shape index (κ3) is 7.59. The first-order valence-electron chi connectivity index (χ1n) is 10.2. The van der Waals surface area contributed by atoms with Crippen LogP contribution in [-0.4, -0.2) is 36.3 Å². The molecule has 0 aliphatic carbocycles. The summed E-state index contributed by atoms with van der Waals surface area (Å²) in [5.41, 5.74) is 3.40. The molecule has 5 heteroatoms. The summed E-state index contributed by atoms with van der Waals surface area (Å²) in [5.74, 6) is 0.518. The Labute approximate surface area is 177 Å². The first-order valence-corrected chi connectivity index (χ1v) is 10.2. The molecule has 0 radical (unpaired) electrons. The number of aliphatic hydroxyl groups excluding tert-OH is 1. The van der Waals surface area contributed by atoms with E-state index in [9.17, 15) is 9.50 Å². The van der Waals surface area contributed by atoms with Crippen molar-refractivity contribution in [3.63, 3.8) is 0 Å². The van der Waals surface area contributed by atoms with Gasteiger partial charge in [0.25, 0.3) is 0 Å². The van der Waals surface area contributed by atoms with Crippen molar-refractivity contribution in [1.29, 1.82) is 0 Å². The van der Waals surface area contributed by atoms with Gasteiger partial charge in [-0.05, 0) is 48.0 Å². The Morgan fingerprint density at radius 1 is 0.867 bits per heavy atom. The standard InChI is InChI=1S/C25H29FN2O2/c1-28(17-22-5-3-2-4-6-22)18-24(29)19-30-25-13-9-21(10-14-25)16-27-15-20-7-11-23(26)12-8-20/h2-14,24,27,29H,15-19H2,1H3/t24-/m0/s1. The molecule has 158 valence electrons. The maximum absolute atomic E-state index is 12.9. The summed E-state index contributed by atoms with van der Waals surface area (Å²) in [6.45, 7) is 2.98. The molecular weight excluding hydrogens is 379 g/mol. The van der Waals surface area contributed by atoms with Crippen molar-refractivity contribution in [2.24, 2.45) is 0 Å². The molecule has 0 saturated carbocycles. The molecule has 2 N–H and O–H groups in total. The number of hydrogen-bond donors (Lipinski definition) is 2. The van der Waals surface area contributed by atoms with E-state index >= 15 is 0 Å². The first kappa shape index (κ1) is 22.0. The molecule has 0 fully saturated rings. The smallest absolute Gasteiger partial charge is 0.123 e. The Bertz CT molecular complexity index is 870. The zero-order valence-electron chi connectivity index (χ0n) is 17.3. The number of nitrogens with zero attached hydrogens (tertiary/aromatic N) is 1. The van der Waals surface area contributed by atoms with Gasteiger partial charge in [0.15, 0.2) is 0 Å². The maximum atomic E-state index is 12.9. The van der Waals surface area contributed by atoms with E-state index in [-0.39, 0.29) is 12.4 Å². The second kappa shape index (κ2) is 11.5. The van der Waals surface area contributed by atoms with E-state index < -0.39 is 6.10 Å². The molecule has 0 bridgehead atoms. The predicted octanol–water partition coefficient (Wildman–Crippen LogP) is 3.99. The van der Waals surface area contributed by atoms with Crippen LogP contribution in [0.25, 0.3) is 0 Å². The van der Waals surface area contributed by atoms with Crippen LogP contribution in [0.5, 0.6) is 5.75 Å². The molecule has 0 aromatic heterocycles. The van der Waals surface area contributed by atoms with Crippen LogP contribution in [0.4, 0.5) is 4.39 Å². The molecular formula is C25H29FN2O2. The van der Waals surface area contributed by atoms with Gasteiger partial charge >= 0.3 is 0 Å². The van der Waals surface area contributed by atoms with E-state index in [4.69, 9.17) is 4.74 Å². The molecule has 0 spiro atoms. The van der Waals surface area contributed by atoms with Gasteiger partial charge in [-0.3, -0.25) is 4.90 Å². The minimum atomic E-state index is -0.559. The van der Waals surface area contributed by atoms with E-state index in [1.807, 2.05) is 49.5 Å². The monoisotopic (exact) mass is 408 g/mol. The predicted molar refractivity (Wildman–Crippen MR) is 118 cm³/mol. The fraction of sp³-hybridized carbons (Fsp3) is 0.280. The van der Waals surface area contributed by atoms with Crippen molar-refractivity contribution in [3.8, 4) is 5.75 Å². The van der Waals surface area contributed by atoms with Gasteiger partial charge in [-0.2, -0.15) is 0 Å². The molecule has 0 saturated heterocycles. The van der Waals surface area contributed by atoms with Gasteiger partial charge in [0.1, 0.15) is 24.3 Å². The molecule has 0 aliphatic rings. The van der Waals surface area contributed by atoms with Crippen LogP contribution in [0.3, 0.4) is 0 Å². The summed E-state index contributed by atoms with van der Waals surface area (Å²) in [7, 11) is 1.99. The number of hydrogen-bond acceptors (Lipinski definition) is 4. The molecule has 0 heterocycles. The number of benzene rings is 3. The quantitative estimate of drug-likeness (QED) is 0.504. The highest BCUT2D eigenvalue weighted by atomic mass is 19.1. The number of likely N-dealkylation sites (N-methyl/N-ethyl adjacent to an activating group) is 1. The number of nitrogens with one attached hydrogen (secondary N) is 1. The topological polar surface area (TPSA) is 44.7 Å². The van der Waals surface area contributed by atoms with Gasteiger partial charge in [-0.1, -0.05) is 54.6 Å². The minimum Gasteiger partial charge on any atom is -0.491 e. The zero-order chi connectivity index (χ0) is 21.2. The molecule has 0 unspecified atom stereocenters. The molecule has 1 atom stereocenters. The SMILES string of the molecule is CN(Cc1ccccc1)C[C@H](O)COc1ccc(CNCc2ccc(F)cc2)cc1. The second-order valence-corrected chi connectivity index (χ2v) is 7.52. The van der Waals surface area contributed by atoms with Crippen LogP contribution in [0.2, 0.25) is 0 Å². The van der Waals surface area contributed by atoms with Gasteiger partial charge in [0.05, 0.1) is 0 Å². The van der Waals surface area contributed by atoms with Gasteiger partial charge in [0, 0.05) is 26.2 Å². The van der Waals surface area contributed by atoms with Gasteiger partial charge in [0.2, 0.25) is 0 Å². The highest BCUT2D eigenvalue weighted by Crippen LogP contribution is 2.13. The van der Waals surface area contributed by atoms with Crippen molar-refractivity contribution < 1.29 is 14.2 Å². The Morgan fingerprint density at radius 3 is 2.10 bits per heavy atom. The third-order valence-corrected chi connectivity index (χ3v) is 4.75. The molecule has 0 aliphatic heterocycles. The van der Waals surface area contributed by atoms with E-state index in [0.717, 1.165) is 23.4 Å². The molecule has 3 aromatic carbocycles. The summed E-state index contributed by atoms with van der Waals surface area (Å²) in [6, 6.07) is 24.5. The van der Waals surface area contributed by atoms with E-state index in [0.29, 0.717) is 19.6 Å². The van der Waals surface area contributed by atoms with Crippen LogP contribution >= 0.6 is 0 Å². The largest absolute Gasteiger partial charge is 0.491 e. The molecule has 3 aromatic rings. The number of halogens is 1. The van der Waals surface area contributed by atoms with Crippen LogP contribution in [0.1, 0.15) is 16.7 Å². The van der Waals surface area contributed by atoms with E-state index in [1.165, 1.54) is 17.7 Å². The Hall–Kier alpha value is -2.73. The molecule has 0 amide bonds. The Kier molecular flexibility index (Phi) is 8.39. The van der Waals surface area contributed by atoms with Crippen molar-refractivity contribution in [2.75, 3.05) is 20.2 Å². The average molecular weight is 409 g/mol. The van der Waals surface area contributed by atoms with E-state index in [2.05, 4.69) is 22.3 Å². The van der Waals surface area contributed by atoms with Crippen molar-refractivity contribution in [3.05, 3.63) is 101 Å². The van der Waals surface area contributed by atoms with E-state index in [1.54, 1.807) is 12.1 Å². The Morgan fingerprint density at radius 2 is 1.47 bits per heavy atom. The Balaban J connectivity index is 1.35. The summed E-state index contributed by atoms with van der Waals surface area (Å²) in [4.78, 5) is 2.08. The lowest BCUT2D eigenvalue weighted by Crippen LogP contribution is -2.32. The molecule has 4 nitrogen and oxygen atoms in total. The first-order chi connectivity index (χ1) is 14.6. The lowest BCUT2D eigenvalue weighted by atomic mass is 10.2. The summed E-state index contributed by atoms with van der Waals surface area (Å²) < 4.78 is 18.7. The van der Waals surface area contributed by atoms with Crippen LogP contribution < -0.4 is 10.1 Å². The van der Waals surface area contributed by atoms with Gasteiger partial charge < -0.3 is 15.2 Å². The van der Waals surface area contributed by atoms with Crippen molar-refractivity contribution in [1.82, 2.24) is 10.2 Å². The number of rotatable bonds is 11. The van der Waals surface area contributed by atoms with Crippen LogP contribution in [-0.2, 0) is 19.6 Å². The summed E-state index contributed by atoms with van der Waals surface area (Å²) in [6.07, 6.45) is -0.559. The lowest BCUT2D eigenvalue weighted by molar-refractivity contribution is 0.0744. The van der Waals surface area contributed by atoms with Gasteiger partial charge in [-0.25, -0.2) is 4.39 Å². The highest BCUT2D eigenvalue weighted by Gasteiger charge is 2.10. The molecule has 3 rings (SSSR count). The number of ether oxygens (including phenoxy) is 1. The van der Waals surface area contributed by atoms with Gasteiger partial charge in [-0.15, -0.1) is 0 Å². The fourth-order valence-corrected chi connectivity index (χ4v) is 3.22. The van der Waals surface area contributed by atoms with Crippen LogP contribution in [0, 0.1) is 5.82 Å². The highest BCUT2D eigenvalue weighted by molar-refractivity contribution is 5.27. The normalized spacial score (nSPS) is 12.1. The second-order valence-electron chi connectivity index (χ2n) is 7.52.